The van der Waals surface area contributed by atoms with Crippen molar-refractivity contribution in [2.75, 3.05) is 45.2 Å². The average molecular weight is 338 g/mol. The second-order valence-corrected chi connectivity index (χ2v) is 6.75. The predicted molar refractivity (Wildman–Crippen MR) is 101 cm³/mol. The maximum atomic E-state index is 12.4. The number of piperazine rings is 1. The van der Waals surface area contributed by atoms with Crippen LogP contribution in [0, 0.1) is 0 Å². The molecule has 0 aliphatic carbocycles. The maximum absolute atomic E-state index is 12.4. The number of nitrogens with zero attached hydrogens (tertiary/aromatic N) is 4. The number of benzene rings is 1. The molecule has 0 atom stereocenters. The minimum absolute atomic E-state index is 0.222. The number of hydrogen-bond donors (Lipinski definition) is 0. The van der Waals surface area contributed by atoms with Crippen molar-refractivity contribution in [2.24, 2.45) is 0 Å². The van der Waals surface area contributed by atoms with Gasteiger partial charge in [0.25, 0.3) is 0 Å². The minimum Gasteiger partial charge on any atom is -0.363 e. The molecular formula is C20H26N4O. The Morgan fingerprint density at radius 3 is 2.48 bits per heavy atom. The first-order chi connectivity index (χ1) is 12.1. The lowest BCUT2D eigenvalue weighted by molar-refractivity contribution is -0.136. The molecule has 2 aromatic rings. The third-order valence-corrected chi connectivity index (χ3v) is 4.58. The summed E-state index contributed by atoms with van der Waals surface area (Å²) < 4.78 is 0. The number of carbonyl (C=O) groups is 1. The molecule has 0 saturated carbocycles. The van der Waals surface area contributed by atoms with Gasteiger partial charge < -0.3 is 9.80 Å². The standard InChI is InChI=1S/C20H26N4O/c1-22(2)19-9-8-18(14-21-19)15-23-12-13-24(20(25)16-23)11-10-17-6-4-3-5-7-17/h3-9,14H,10-13,15-16H2,1-2H3. The first-order valence-corrected chi connectivity index (χ1v) is 8.78. The van der Waals surface area contributed by atoms with Gasteiger partial charge in [0.15, 0.2) is 0 Å². The van der Waals surface area contributed by atoms with Crippen LogP contribution in [-0.4, -0.2) is 61.0 Å². The molecule has 0 unspecified atom stereocenters. The van der Waals surface area contributed by atoms with Gasteiger partial charge in [-0.2, -0.15) is 0 Å². The SMILES string of the molecule is CN(C)c1ccc(CN2CCN(CCc3ccccc3)C(=O)C2)cn1. The van der Waals surface area contributed by atoms with Crippen LogP contribution in [0.15, 0.2) is 48.7 Å². The number of pyridine rings is 1. The van der Waals surface area contributed by atoms with Gasteiger partial charge in [-0.15, -0.1) is 0 Å². The lowest BCUT2D eigenvalue weighted by Crippen LogP contribution is -2.50. The highest BCUT2D eigenvalue weighted by molar-refractivity contribution is 5.79. The third-order valence-electron chi connectivity index (χ3n) is 4.58. The summed E-state index contributed by atoms with van der Waals surface area (Å²) in [5.74, 6) is 1.17. The Balaban J connectivity index is 1.48. The number of carbonyl (C=O) groups excluding carboxylic acids is 1. The molecule has 0 spiro atoms. The summed E-state index contributed by atoms with van der Waals surface area (Å²) in [5, 5.41) is 0. The molecular weight excluding hydrogens is 312 g/mol. The zero-order chi connectivity index (χ0) is 17.6. The van der Waals surface area contributed by atoms with E-state index in [4.69, 9.17) is 0 Å². The maximum Gasteiger partial charge on any atom is 0.236 e. The number of aromatic nitrogens is 1. The van der Waals surface area contributed by atoms with Crippen LogP contribution in [0.3, 0.4) is 0 Å². The topological polar surface area (TPSA) is 39.7 Å². The normalized spacial score (nSPS) is 15.4. The van der Waals surface area contributed by atoms with Crippen molar-refractivity contribution in [3.8, 4) is 0 Å². The van der Waals surface area contributed by atoms with Crippen LogP contribution in [-0.2, 0) is 17.8 Å². The second kappa shape index (κ2) is 8.12. The lowest BCUT2D eigenvalue weighted by atomic mass is 10.1. The van der Waals surface area contributed by atoms with Gasteiger partial charge in [-0.05, 0) is 23.6 Å². The molecule has 3 rings (SSSR count). The van der Waals surface area contributed by atoms with Crippen molar-refractivity contribution in [2.45, 2.75) is 13.0 Å². The zero-order valence-electron chi connectivity index (χ0n) is 15.1. The summed E-state index contributed by atoms with van der Waals surface area (Å²) in [7, 11) is 3.96. The molecule has 1 fully saturated rings. The number of anilines is 1. The molecule has 0 N–H and O–H groups in total. The molecule has 1 aliphatic heterocycles. The van der Waals surface area contributed by atoms with E-state index in [-0.39, 0.29) is 5.91 Å². The summed E-state index contributed by atoms with van der Waals surface area (Å²) in [4.78, 5) is 23.0. The van der Waals surface area contributed by atoms with Crippen LogP contribution < -0.4 is 4.90 Å². The van der Waals surface area contributed by atoms with Crippen LogP contribution in [0.5, 0.6) is 0 Å². The van der Waals surface area contributed by atoms with E-state index in [9.17, 15) is 4.79 Å². The molecule has 0 bridgehead atoms. The Bertz CT molecular complexity index is 685. The van der Waals surface area contributed by atoms with Gasteiger partial charge in [-0.25, -0.2) is 4.98 Å². The molecule has 5 nitrogen and oxygen atoms in total. The van der Waals surface area contributed by atoms with E-state index in [0.717, 1.165) is 44.0 Å². The second-order valence-electron chi connectivity index (χ2n) is 6.75. The third kappa shape index (κ3) is 4.79. The van der Waals surface area contributed by atoms with Gasteiger partial charge in [0.05, 0.1) is 6.54 Å². The molecule has 132 valence electrons. The van der Waals surface area contributed by atoms with Crippen LogP contribution in [0.2, 0.25) is 0 Å². The van der Waals surface area contributed by atoms with Crippen LogP contribution >= 0.6 is 0 Å². The summed E-state index contributed by atoms with van der Waals surface area (Å²) >= 11 is 0. The van der Waals surface area contributed by atoms with Gasteiger partial charge in [0.1, 0.15) is 5.82 Å². The summed E-state index contributed by atoms with van der Waals surface area (Å²) in [6.07, 6.45) is 2.82. The summed E-state index contributed by atoms with van der Waals surface area (Å²) in [5.41, 5.74) is 2.43. The first kappa shape index (κ1) is 17.4. The van der Waals surface area contributed by atoms with Gasteiger partial charge in [0.2, 0.25) is 5.91 Å². The fourth-order valence-electron chi connectivity index (χ4n) is 3.07. The van der Waals surface area contributed by atoms with Crippen LogP contribution in [0.4, 0.5) is 5.82 Å². The van der Waals surface area contributed by atoms with Crippen molar-refractivity contribution in [1.29, 1.82) is 0 Å². The highest BCUT2D eigenvalue weighted by Gasteiger charge is 2.23. The van der Waals surface area contributed by atoms with Crippen molar-refractivity contribution in [3.05, 3.63) is 59.8 Å². The Morgan fingerprint density at radius 2 is 1.84 bits per heavy atom. The highest BCUT2D eigenvalue weighted by Crippen LogP contribution is 2.12. The molecule has 0 radical (unpaired) electrons. The van der Waals surface area contributed by atoms with Crippen molar-refractivity contribution >= 4 is 11.7 Å². The summed E-state index contributed by atoms with van der Waals surface area (Å²) in [6, 6.07) is 14.5. The molecule has 1 aromatic carbocycles. The van der Waals surface area contributed by atoms with Crippen molar-refractivity contribution < 1.29 is 4.79 Å². The van der Waals surface area contributed by atoms with Gasteiger partial charge in [-0.3, -0.25) is 9.69 Å². The molecule has 1 amide bonds. The van der Waals surface area contributed by atoms with Gasteiger partial charge >= 0.3 is 0 Å². The molecule has 1 aliphatic rings. The minimum atomic E-state index is 0.222. The quantitative estimate of drug-likeness (QED) is 0.808. The molecule has 1 saturated heterocycles. The van der Waals surface area contributed by atoms with E-state index in [1.807, 2.05) is 54.4 Å². The van der Waals surface area contributed by atoms with E-state index in [2.05, 4.69) is 28.1 Å². The largest absolute Gasteiger partial charge is 0.363 e. The zero-order valence-corrected chi connectivity index (χ0v) is 15.1. The Kier molecular flexibility index (Phi) is 5.66. The Labute approximate surface area is 149 Å². The van der Waals surface area contributed by atoms with E-state index >= 15 is 0 Å². The van der Waals surface area contributed by atoms with E-state index in [0.29, 0.717) is 6.54 Å². The number of rotatable bonds is 6. The summed E-state index contributed by atoms with van der Waals surface area (Å²) in [6.45, 7) is 3.78. The van der Waals surface area contributed by atoms with E-state index < -0.39 is 0 Å². The molecule has 2 heterocycles. The van der Waals surface area contributed by atoms with Crippen LogP contribution in [0.25, 0.3) is 0 Å². The molecule has 25 heavy (non-hydrogen) atoms. The molecule has 1 aromatic heterocycles. The van der Waals surface area contributed by atoms with Gasteiger partial charge in [-0.1, -0.05) is 36.4 Å². The number of amides is 1. The van der Waals surface area contributed by atoms with Crippen molar-refractivity contribution in [3.63, 3.8) is 0 Å². The molecule has 5 heteroatoms. The van der Waals surface area contributed by atoms with E-state index in [1.165, 1.54) is 5.56 Å². The van der Waals surface area contributed by atoms with Gasteiger partial charge in [0, 0.05) is 46.5 Å². The smallest absolute Gasteiger partial charge is 0.236 e. The Hall–Kier alpha value is -2.40. The fraction of sp³-hybridized carbons (Fsp3) is 0.400. The van der Waals surface area contributed by atoms with Crippen LogP contribution in [0.1, 0.15) is 11.1 Å². The first-order valence-electron chi connectivity index (χ1n) is 8.78. The van der Waals surface area contributed by atoms with E-state index in [1.54, 1.807) is 0 Å². The lowest BCUT2D eigenvalue weighted by Gasteiger charge is -2.34. The predicted octanol–water partition coefficient (Wildman–Crippen LogP) is 2.03. The fourth-order valence-corrected chi connectivity index (χ4v) is 3.07. The highest BCUT2D eigenvalue weighted by atomic mass is 16.2. The monoisotopic (exact) mass is 338 g/mol. The average Bonchev–Trinajstić information content (AvgIpc) is 2.62. The Morgan fingerprint density at radius 1 is 1.04 bits per heavy atom. The van der Waals surface area contributed by atoms with Crippen molar-refractivity contribution in [1.82, 2.24) is 14.8 Å². The number of hydrogen-bond acceptors (Lipinski definition) is 4.